The van der Waals surface area contributed by atoms with E-state index in [9.17, 15) is 9.18 Å². The Morgan fingerprint density at radius 1 is 1.20 bits per heavy atom. The SMILES string of the molecule is COc1ccc(C)c(CCC(=O)c2nc(N)nc3c(F)cccc23)n1. The van der Waals surface area contributed by atoms with Crippen LogP contribution in [0.25, 0.3) is 10.9 Å². The second-order valence-corrected chi connectivity index (χ2v) is 5.61. The largest absolute Gasteiger partial charge is 0.481 e. The summed E-state index contributed by atoms with van der Waals surface area (Å²) >= 11 is 0. The molecule has 0 radical (unpaired) electrons. The van der Waals surface area contributed by atoms with E-state index in [1.807, 2.05) is 13.0 Å². The topological polar surface area (TPSA) is 91.0 Å². The predicted octanol–water partition coefficient (Wildman–Crippen LogP) is 2.88. The van der Waals surface area contributed by atoms with Crippen LogP contribution in [0.3, 0.4) is 0 Å². The maximum Gasteiger partial charge on any atom is 0.221 e. The zero-order valence-electron chi connectivity index (χ0n) is 13.9. The maximum atomic E-state index is 13.9. The van der Waals surface area contributed by atoms with E-state index in [-0.39, 0.29) is 29.4 Å². The number of aromatic nitrogens is 3. The number of carbonyl (C=O) groups excluding carboxylic acids is 1. The summed E-state index contributed by atoms with van der Waals surface area (Å²) in [5, 5.41) is 0.356. The lowest BCUT2D eigenvalue weighted by atomic mass is 10.0. The first-order chi connectivity index (χ1) is 12.0. The molecule has 3 aromatic rings. The van der Waals surface area contributed by atoms with Crippen molar-refractivity contribution < 1.29 is 13.9 Å². The molecule has 25 heavy (non-hydrogen) atoms. The van der Waals surface area contributed by atoms with Gasteiger partial charge in [-0.2, -0.15) is 0 Å². The zero-order chi connectivity index (χ0) is 18.0. The first-order valence-electron chi connectivity index (χ1n) is 7.75. The van der Waals surface area contributed by atoms with Crippen molar-refractivity contribution in [2.75, 3.05) is 12.8 Å². The first kappa shape index (κ1) is 16.8. The lowest BCUT2D eigenvalue weighted by Gasteiger charge is -2.08. The van der Waals surface area contributed by atoms with E-state index in [0.717, 1.165) is 11.3 Å². The molecule has 0 bridgehead atoms. The Labute approximate surface area is 143 Å². The summed E-state index contributed by atoms with van der Waals surface area (Å²) in [7, 11) is 1.54. The molecule has 7 heteroatoms. The lowest BCUT2D eigenvalue weighted by molar-refractivity contribution is 0.0979. The minimum Gasteiger partial charge on any atom is -0.481 e. The van der Waals surface area contributed by atoms with Gasteiger partial charge in [-0.3, -0.25) is 4.79 Å². The summed E-state index contributed by atoms with van der Waals surface area (Å²) in [4.78, 5) is 24.9. The minimum atomic E-state index is -0.536. The third-order valence-corrected chi connectivity index (χ3v) is 3.93. The number of hydrogen-bond donors (Lipinski definition) is 1. The van der Waals surface area contributed by atoms with Gasteiger partial charge in [-0.05, 0) is 25.0 Å². The molecule has 0 atom stereocenters. The van der Waals surface area contributed by atoms with Crippen molar-refractivity contribution in [2.24, 2.45) is 0 Å². The van der Waals surface area contributed by atoms with Crippen molar-refractivity contribution in [3.63, 3.8) is 0 Å². The van der Waals surface area contributed by atoms with Crippen molar-refractivity contribution in [1.82, 2.24) is 15.0 Å². The van der Waals surface area contributed by atoms with Gasteiger partial charge >= 0.3 is 0 Å². The monoisotopic (exact) mass is 340 g/mol. The molecule has 3 rings (SSSR count). The minimum absolute atomic E-state index is 0.0500. The standard InChI is InChI=1S/C18H17FN4O2/c1-10-6-9-15(25-2)21-13(10)7-8-14(24)17-11-4-3-5-12(19)16(11)22-18(20)23-17/h3-6,9H,7-8H2,1-2H3,(H2,20,22,23). The molecular formula is C18H17FN4O2. The lowest BCUT2D eigenvalue weighted by Crippen LogP contribution is -2.10. The highest BCUT2D eigenvalue weighted by Gasteiger charge is 2.17. The Morgan fingerprint density at radius 2 is 2.00 bits per heavy atom. The van der Waals surface area contributed by atoms with E-state index in [1.54, 1.807) is 12.1 Å². The number of anilines is 1. The Balaban J connectivity index is 1.90. The number of carbonyl (C=O) groups is 1. The predicted molar refractivity (Wildman–Crippen MR) is 92.1 cm³/mol. The highest BCUT2D eigenvalue weighted by molar-refractivity contribution is 6.06. The molecule has 6 nitrogen and oxygen atoms in total. The van der Waals surface area contributed by atoms with Gasteiger partial charge in [-0.15, -0.1) is 0 Å². The fraction of sp³-hybridized carbons (Fsp3) is 0.222. The Morgan fingerprint density at radius 3 is 2.76 bits per heavy atom. The Bertz CT molecular complexity index is 959. The number of halogens is 1. The molecule has 0 amide bonds. The van der Waals surface area contributed by atoms with Crippen molar-refractivity contribution in [3.05, 3.63) is 53.1 Å². The number of rotatable bonds is 5. The Hall–Kier alpha value is -3.09. The molecule has 0 spiro atoms. The number of pyridine rings is 1. The molecule has 0 aliphatic heterocycles. The number of aryl methyl sites for hydroxylation is 2. The number of methoxy groups -OCH3 is 1. The van der Waals surface area contributed by atoms with E-state index < -0.39 is 5.82 Å². The first-order valence-corrected chi connectivity index (χ1v) is 7.75. The quantitative estimate of drug-likeness (QED) is 0.718. The fourth-order valence-electron chi connectivity index (χ4n) is 2.61. The second-order valence-electron chi connectivity index (χ2n) is 5.61. The average molecular weight is 340 g/mol. The van der Waals surface area contributed by atoms with E-state index >= 15 is 0 Å². The van der Waals surface area contributed by atoms with E-state index in [2.05, 4.69) is 15.0 Å². The molecule has 0 fully saturated rings. The summed E-state index contributed by atoms with van der Waals surface area (Å²) in [6.07, 6.45) is 0.589. The van der Waals surface area contributed by atoms with Gasteiger partial charge in [0, 0.05) is 23.6 Å². The molecule has 0 saturated carbocycles. The van der Waals surface area contributed by atoms with Gasteiger partial charge in [0.1, 0.15) is 17.0 Å². The summed E-state index contributed by atoms with van der Waals surface area (Å²) in [6.45, 7) is 1.92. The molecule has 2 heterocycles. The fourth-order valence-corrected chi connectivity index (χ4v) is 2.61. The molecule has 2 aromatic heterocycles. The van der Waals surface area contributed by atoms with Crippen LogP contribution in [0.2, 0.25) is 0 Å². The number of nitrogens with two attached hydrogens (primary N) is 1. The maximum absolute atomic E-state index is 13.9. The average Bonchev–Trinajstić information content (AvgIpc) is 2.61. The van der Waals surface area contributed by atoms with Crippen LogP contribution in [-0.4, -0.2) is 27.8 Å². The van der Waals surface area contributed by atoms with Crippen LogP contribution in [-0.2, 0) is 6.42 Å². The van der Waals surface area contributed by atoms with Crippen molar-refractivity contribution in [2.45, 2.75) is 19.8 Å². The number of benzene rings is 1. The number of nitrogens with zero attached hydrogens (tertiary/aromatic N) is 3. The van der Waals surface area contributed by atoms with Gasteiger partial charge in [0.15, 0.2) is 5.78 Å². The van der Waals surface area contributed by atoms with E-state index in [1.165, 1.54) is 19.2 Å². The Kier molecular flexibility index (Phi) is 4.56. The van der Waals surface area contributed by atoms with Gasteiger partial charge in [0.05, 0.1) is 7.11 Å². The molecule has 0 unspecified atom stereocenters. The van der Waals surface area contributed by atoms with Crippen molar-refractivity contribution in [3.8, 4) is 5.88 Å². The highest BCUT2D eigenvalue weighted by atomic mass is 19.1. The molecule has 0 saturated heterocycles. The van der Waals surface area contributed by atoms with Crippen LogP contribution in [0.4, 0.5) is 10.3 Å². The number of hydrogen-bond acceptors (Lipinski definition) is 6. The summed E-state index contributed by atoms with van der Waals surface area (Å²) in [6, 6.07) is 8.05. The van der Waals surface area contributed by atoms with Crippen molar-refractivity contribution in [1.29, 1.82) is 0 Å². The van der Waals surface area contributed by atoms with Crippen molar-refractivity contribution >= 4 is 22.6 Å². The van der Waals surface area contributed by atoms with Crippen LogP contribution in [0.15, 0.2) is 30.3 Å². The number of fused-ring (bicyclic) bond motifs is 1. The normalized spacial score (nSPS) is 10.8. The summed E-state index contributed by atoms with van der Waals surface area (Å²) in [5.41, 5.74) is 7.54. The number of ketones is 1. The second kappa shape index (κ2) is 6.80. The zero-order valence-corrected chi connectivity index (χ0v) is 13.9. The van der Waals surface area contributed by atoms with Gasteiger partial charge in [-0.25, -0.2) is 19.3 Å². The van der Waals surface area contributed by atoms with Crippen LogP contribution in [0.1, 0.15) is 28.2 Å². The molecule has 128 valence electrons. The summed E-state index contributed by atoms with van der Waals surface area (Å²) in [5.74, 6) is -0.414. The van der Waals surface area contributed by atoms with Gasteiger partial charge in [0.2, 0.25) is 11.8 Å². The molecule has 2 N–H and O–H groups in total. The van der Waals surface area contributed by atoms with Crippen LogP contribution < -0.4 is 10.5 Å². The number of ether oxygens (including phenoxy) is 1. The third-order valence-electron chi connectivity index (χ3n) is 3.93. The van der Waals surface area contributed by atoms with Gasteiger partial charge < -0.3 is 10.5 Å². The van der Waals surface area contributed by atoms with E-state index in [4.69, 9.17) is 10.5 Å². The number of para-hydroxylation sites is 1. The van der Waals surface area contributed by atoms with Crippen LogP contribution in [0, 0.1) is 12.7 Å². The van der Waals surface area contributed by atoms with Crippen LogP contribution in [0.5, 0.6) is 5.88 Å². The number of nitrogen functional groups attached to an aromatic ring is 1. The number of Topliss-reactive ketones (excluding diaryl/α,β-unsaturated/α-hetero) is 1. The summed E-state index contributed by atoms with van der Waals surface area (Å²) < 4.78 is 19.0. The molecule has 0 aliphatic carbocycles. The third kappa shape index (κ3) is 3.40. The van der Waals surface area contributed by atoms with Gasteiger partial charge in [0.25, 0.3) is 0 Å². The molecule has 0 aliphatic rings. The van der Waals surface area contributed by atoms with E-state index in [0.29, 0.717) is 17.7 Å². The highest BCUT2D eigenvalue weighted by Crippen LogP contribution is 2.22. The smallest absolute Gasteiger partial charge is 0.221 e. The molecular weight excluding hydrogens is 323 g/mol. The van der Waals surface area contributed by atoms with Gasteiger partial charge in [-0.1, -0.05) is 18.2 Å². The van der Waals surface area contributed by atoms with Crippen LogP contribution >= 0.6 is 0 Å². The molecule has 1 aromatic carbocycles.